The Kier molecular flexibility index (Phi) is 5.13. The van der Waals surface area contributed by atoms with Crippen molar-refractivity contribution in [2.24, 2.45) is 11.7 Å². The average Bonchev–Trinajstić information content (AvgIpc) is 2.40. The van der Waals surface area contributed by atoms with Crippen LogP contribution in [-0.4, -0.2) is 11.8 Å². The second-order valence-corrected chi connectivity index (χ2v) is 6.97. The summed E-state index contributed by atoms with van der Waals surface area (Å²) in [6.45, 7) is 5.34. The van der Waals surface area contributed by atoms with Crippen molar-refractivity contribution in [1.82, 2.24) is 0 Å². The van der Waals surface area contributed by atoms with Crippen molar-refractivity contribution in [2.45, 2.75) is 55.6 Å². The standard InChI is InChI=1S/C16H25NS/c1-12(2)13-7-9-15(10-8-13)18-16-6-4-3-5-14(16)11-17/h7-10,12,14,16H,3-6,11,17H2,1-2H3. The minimum Gasteiger partial charge on any atom is -0.330 e. The molecule has 0 saturated heterocycles. The number of thioether (sulfide) groups is 1. The molecule has 100 valence electrons. The highest BCUT2D eigenvalue weighted by molar-refractivity contribution is 8.00. The van der Waals surface area contributed by atoms with E-state index in [4.69, 9.17) is 5.73 Å². The summed E-state index contributed by atoms with van der Waals surface area (Å²) in [6.07, 6.45) is 5.39. The van der Waals surface area contributed by atoms with Crippen molar-refractivity contribution < 1.29 is 0 Å². The third kappa shape index (κ3) is 3.52. The van der Waals surface area contributed by atoms with Gasteiger partial charge in [-0.15, -0.1) is 11.8 Å². The number of rotatable bonds is 4. The predicted molar refractivity (Wildman–Crippen MR) is 81.2 cm³/mol. The molecule has 1 nitrogen and oxygen atoms in total. The Morgan fingerprint density at radius 1 is 1.17 bits per heavy atom. The van der Waals surface area contributed by atoms with E-state index < -0.39 is 0 Å². The summed E-state index contributed by atoms with van der Waals surface area (Å²) in [7, 11) is 0. The van der Waals surface area contributed by atoms with Gasteiger partial charge in [-0.1, -0.05) is 38.8 Å². The lowest BCUT2D eigenvalue weighted by Gasteiger charge is -2.30. The van der Waals surface area contributed by atoms with Gasteiger partial charge < -0.3 is 5.73 Å². The summed E-state index contributed by atoms with van der Waals surface area (Å²) < 4.78 is 0. The highest BCUT2D eigenvalue weighted by Crippen LogP contribution is 2.37. The van der Waals surface area contributed by atoms with Crippen molar-refractivity contribution in [3.63, 3.8) is 0 Å². The van der Waals surface area contributed by atoms with E-state index in [2.05, 4.69) is 38.1 Å². The molecule has 2 unspecified atom stereocenters. The predicted octanol–water partition coefficient (Wildman–Crippen LogP) is 4.42. The summed E-state index contributed by atoms with van der Waals surface area (Å²) in [4.78, 5) is 1.41. The van der Waals surface area contributed by atoms with Crippen LogP contribution in [0.1, 0.15) is 51.0 Å². The van der Waals surface area contributed by atoms with Crippen LogP contribution in [-0.2, 0) is 0 Å². The zero-order chi connectivity index (χ0) is 13.0. The van der Waals surface area contributed by atoms with Crippen LogP contribution in [0.25, 0.3) is 0 Å². The number of hydrogen-bond acceptors (Lipinski definition) is 2. The second-order valence-electron chi connectivity index (χ2n) is 5.66. The first-order chi connectivity index (χ1) is 8.70. The highest BCUT2D eigenvalue weighted by Gasteiger charge is 2.24. The lowest BCUT2D eigenvalue weighted by molar-refractivity contribution is 0.378. The summed E-state index contributed by atoms with van der Waals surface area (Å²) >= 11 is 2.04. The van der Waals surface area contributed by atoms with Gasteiger partial charge in [0.05, 0.1) is 0 Å². The third-order valence-electron chi connectivity index (χ3n) is 3.98. The topological polar surface area (TPSA) is 26.0 Å². The highest BCUT2D eigenvalue weighted by atomic mass is 32.2. The molecule has 0 aromatic heterocycles. The first-order valence-electron chi connectivity index (χ1n) is 7.17. The van der Waals surface area contributed by atoms with Gasteiger partial charge in [0.15, 0.2) is 0 Å². The molecular weight excluding hydrogens is 238 g/mol. The van der Waals surface area contributed by atoms with E-state index in [0.29, 0.717) is 11.8 Å². The van der Waals surface area contributed by atoms with Crippen LogP contribution in [0.15, 0.2) is 29.2 Å². The number of benzene rings is 1. The molecule has 1 aromatic carbocycles. The first-order valence-corrected chi connectivity index (χ1v) is 8.05. The summed E-state index contributed by atoms with van der Waals surface area (Å²) in [5.41, 5.74) is 7.33. The molecule has 2 heteroatoms. The molecule has 2 N–H and O–H groups in total. The van der Waals surface area contributed by atoms with Gasteiger partial charge in [0.1, 0.15) is 0 Å². The molecule has 1 fully saturated rings. The SMILES string of the molecule is CC(C)c1ccc(SC2CCCCC2CN)cc1. The fraction of sp³-hybridized carbons (Fsp3) is 0.625. The van der Waals surface area contributed by atoms with Crippen LogP contribution < -0.4 is 5.73 Å². The minimum atomic E-state index is 0.621. The monoisotopic (exact) mass is 263 g/mol. The minimum absolute atomic E-state index is 0.621. The van der Waals surface area contributed by atoms with Gasteiger partial charge in [-0.25, -0.2) is 0 Å². The zero-order valence-corrected chi connectivity index (χ0v) is 12.4. The van der Waals surface area contributed by atoms with Crippen LogP contribution in [0.5, 0.6) is 0 Å². The second kappa shape index (κ2) is 6.63. The van der Waals surface area contributed by atoms with Crippen molar-refractivity contribution in [3.05, 3.63) is 29.8 Å². The van der Waals surface area contributed by atoms with E-state index in [9.17, 15) is 0 Å². The van der Waals surface area contributed by atoms with Crippen molar-refractivity contribution in [3.8, 4) is 0 Å². The van der Waals surface area contributed by atoms with Gasteiger partial charge in [-0.05, 0) is 48.9 Å². The van der Waals surface area contributed by atoms with E-state index >= 15 is 0 Å². The van der Waals surface area contributed by atoms with E-state index in [1.54, 1.807) is 0 Å². The molecule has 2 atom stereocenters. The fourth-order valence-corrected chi connectivity index (χ4v) is 4.07. The Morgan fingerprint density at radius 2 is 1.83 bits per heavy atom. The average molecular weight is 263 g/mol. The maximum atomic E-state index is 5.90. The van der Waals surface area contributed by atoms with Gasteiger partial charge in [0.25, 0.3) is 0 Å². The summed E-state index contributed by atoms with van der Waals surface area (Å²) in [5.74, 6) is 1.34. The van der Waals surface area contributed by atoms with Crippen LogP contribution >= 0.6 is 11.8 Å². The summed E-state index contributed by atoms with van der Waals surface area (Å²) in [5, 5.41) is 0.730. The van der Waals surface area contributed by atoms with E-state index in [0.717, 1.165) is 11.8 Å². The molecule has 2 rings (SSSR count). The van der Waals surface area contributed by atoms with Gasteiger partial charge in [-0.2, -0.15) is 0 Å². The largest absolute Gasteiger partial charge is 0.330 e. The molecule has 0 radical (unpaired) electrons. The van der Waals surface area contributed by atoms with Crippen LogP contribution in [0.3, 0.4) is 0 Å². The Morgan fingerprint density at radius 3 is 2.44 bits per heavy atom. The number of nitrogens with two attached hydrogens (primary N) is 1. The lowest BCUT2D eigenvalue weighted by atomic mass is 9.89. The summed E-state index contributed by atoms with van der Waals surface area (Å²) in [6, 6.07) is 9.10. The van der Waals surface area contributed by atoms with E-state index in [-0.39, 0.29) is 0 Å². The Balaban J connectivity index is 1.99. The Labute approximate surface area is 116 Å². The zero-order valence-electron chi connectivity index (χ0n) is 11.6. The quantitative estimate of drug-likeness (QED) is 0.870. The molecule has 0 aliphatic heterocycles. The molecule has 18 heavy (non-hydrogen) atoms. The van der Waals surface area contributed by atoms with E-state index in [1.165, 1.54) is 36.1 Å². The van der Waals surface area contributed by atoms with Crippen LogP contribution in [0.2, 0.25) is 0 Å². The molecule has 0 spiro atoms. The molecule has 0 heterocycles. The van der Waals surface area contributed by atoms with Crippen molar-refractivity contribution in [1.29, 1.82) is 0 Å². The molecule has 1 aliphatic carbocycles. The fourth-order valence-electron chi connectivity index (χ4n) is 2.70. The molecule has 0 amide bonds. The molecule has 1 saturated carbocycles. The normalized spacial score (nSPS) is 24.4. The smallest absolute Gasteiger partial charge is 0.0135 e. The van der Waals surface area contributed by atoms with Gasteiger partial charge in [0, 0.05) is 10.1 Å². The van der Waals surface area contributed by atoms with Crippen molar-refractivity contribution in [2.75, 3.05) is 6.54 Å². The van der Waals surface area contributed by atoms with E-state index in [1.807, 2.05) is 11.8 Å². The van der Waals surface area contributed by atoms with Crippen molar-refractivity contribution >= 4 is 11.8 Å². The molecule has 0 bridgehead atoms. The Bertz CT molecular complexity index is 358. The van der Waals surface area contributed by atoms with Gasteiger partial charge >= 0.3 is 0 Å². The maximum Gasteiger partial charge on any atom is 0.0135 e. The third-order valence-corrected chi connectivity index (χ3v) is 5.44. The lowest BCUT2D eigenvalue weighted by Crippen LogP contribution is -2.28. The van der Waals surface area contributed by atoms with Gasteiger partial charge in [0.2, 0.25) is 0 Å². The van der Waals surface area contributed by atoms with Crippen LogP contribution in [0, 0.1) is 5.92 Å². The molecule has 1 aromatic rings. The Hall–Kier alpha value is -0.470. The maximum absolute atomic E-state index is 5.90. The molecule has 1 aliphatic rings. The van der Waals surface area contributed by atoms with Gasteiger partial charge in [-0.3, -0.25) is 0 Å². The van der Waals surface area contributed by atoms with Crippen LogP contribution in [0.4, 0.5) is 0 Å². The molecular formula is C16H25NS. The number of hydrogen-bond donors (Lipinski definition) is 1. The first kappa shape index (κ1) is 14.0.